The van der Waals surface area contributed by atoms with Crippen LogP contribution in [0.1, 0.15) is 5.56 Å². The predicted octanol–water partition coefficient (Wildman–Crippen LogP) is 3.00. The Morgan fingerprint density at radius 1 is 1.25 bits per heavy atom. The van der Waals surface area contributed by atoms with Crippen LogP contribution in [0.5, 0.6) is 11.6 Å². The number of nitrogens with zero attached hydrogens (tertiary/aromatic N) is 1. The molecule has 1 heterocycles. The first-order valence-electron chi connectivity index (χ1n) is 5.85. The number of ether oxygens (including phenoxy) is 1. The molecule has 0 spiro atoms. The van der Waals surface area contributed by atoms with Crippen molar-refractivity contribution < 1.29 is 9.84 Å². The zero-order chi connectivity index (χ0) is 14.5. The first-order valence-corrected chi connectivity index (χ1v) is 6.60. The number of aliphatic hydroxyl groups excluding tert-OH is 1. The summed E-state index contributed by atoms with van der Waals surface area (Å²) in [6.45, 7) is 0.0256. The highest BCUT2D eigenvalue weighted by atomic mass is 35.5. The summed E-state index contributed by atoms with van der Waals surface area (Å²) in [6.07, 6.45) is 0.476. The number of anilines is 1. The summed E-state index contributed by atoms with van der Waals surface area (Å²) >= 11 is 12.0. The van der Waals surface area contributed by atoms with Crippen molar-refractivity contribution in [3.05, 3.63) is 45.9 Å². The van der Waals surface area contributed by atoms with Crippen LogP contribution in [0, 0.1) is 0 Å². The van der Waals surface area contributed by atoms with E-state index in [1.165, 1.54) is 6.07 Å². The Hall–Kier alpha value is -1.53. The highest BCUT2D eigenvalue weighted by Crippen LogP contribution is 2.34. The molecule has 0 aliphatic heterocycles. The highest BCUT2D eigenvalue weighted by Gasteiger charge is 2.12. The number of aromatic nitrogens is 1. The van der Waals surface area contributed by atoms with Crippen LogP contribution in [0.2, 0.25) is 10.0 Å². The molecule has 0 unspecified atom stereocenters. The molecule has 1 aromatic heterocycles. The molecule has 0 aliphatic rings. The maximum Gasteiger partial charge on any atom is 0.240 e. The number of nitrogens with two attached hydrogens (primary N) is 1. The lowest BCUT2D eigenvalue weighted by molar-refractivity contribution is 0.297. The molecule has 0 fully saturated rings. The number of hydrogen-bond donors (Lipinski definition) is 3. The van der Waals surface area contributed by atoms with E-state index in [0.29, 0.717) is 17.2 Å². The van der Waals surface area contributed by atoms with Gasteiger partial charge in [0.05, 0.1) is 5.02 Å². The number of hydrazine groups is 1. The van der Waals surface area contributed by atoms with Crippen molar-refractivity contribution in [3.63, 3.8) is 0 Å². The second kappa shape index (κ2) is 6.76. The number of para-hydroxylation sites is 1. The van der Waals surface area contributed by atoms with E-state index in [4.69, 9.17) is 38.9 Å². The lowest BCUT2D eigenvalue weighted by Gasteiger charge is -2.12. The van der Waals surface area contributed by atoms with Gasteiger partial charge in [0.25, 0.3) is 0 Å². The number of benzene rings is 1. The minimum Gasteiger partial charge on any atom is -0.437 e. The zero-order valence-electron chi connectivity index (χ0n) is 10.4. The van der Waals surface area contributed by atoms with Gasteiger partial charge in [0.15, 0.2) is 5.82 Å². The van der Waals surface area contributed by atoms with Gasteiger partial charge in [0, 0.05) is 6.61 Å². The summed E-state index contributed by atoms with van der Waals surface area (Å²) < 4.78 is 5.68. The van der Waals surface area contributed by atoms with Crippen LogP contribution in [-0.4, -0.2) is 16.7 Å². The van der Waals surface area contributed by atoms with Crippen molar-refractivity contribution in [2.45, 2.75) is 6.42 Å². The Kier molecular flexibility index (Phi) is 5.03. The third-order valence-corrected chi connectivity index (χ3v) is 3.15. The summed E-state index contributed by atoms with van der Waals surface area (Å²) in [5, 5.41) is 9.61. The molecule has 0 bridgehead atoms. The molecular weight excluding hydrogens is 301 g/mol. The molecule has 0 atom stereocenters. The van der Waals surface area contributed by atoms with Crippen LogP contribution < -0.4 is 16.0 Å². The maximum atomic E-state index is 9.04. The van der Waals surface area contributed by atoms with Gasteiger partial charge in [-0.1, -0.05) is 41.4 Å². The third kappa shape index (κ3) is 3.32. The van der Waals surface area contributed by atoms with Crippen molar-refractivity contribution in [3.8, 4) is 11.6 Å². The van der Waals surface area contributed by atoms with E-state index in [1.807, 2.05) is 18.2 Å². The van der Waals surface area contributed by atoms with Crippen LogP contribution in [0.4, 0.5) is 5.82 Å². The van der Waals surface area contributed by atoms with E-state index in [-0.39, 0.29) is 23.3 Å². The molecule has 0 radical (unpaired) electrons. The van der Waals surface area contributed by atoms with E-state index < -0.39 is 0 Å². The molecule has 20 heavy (non-hydrogen) atoms. The molecule has 2 aromatic rings. The van der Waals surface area contributed by atoms with Crippen molar-refractivity contribution in [2.75, 3.05) is 12.0 Å². The monoisotopic (exact) mass is 313 g/mol. The second-order valence-electron chi connectivity index (χ2n) is 3.93. The van der Waals surface area contributed by atoms with Crippen molar-refractivity contribution >= 4 is 29.0 Å². The normalized spacial score (nSPS) is 10.4. The maximum absolute atomic E-state index is 9.04. The van der Waals surface area contributed by atoms with Crippen LogP contribution in [0.25, 0.3) is 0 Å². The Bertz CT molecular complexity index is 608. The smallest absolute Gasteiger partial charge is 0.240 e. The quantitative estimate of drug-likeness (QED) is 0.584. The van der Waals surface area contributed by atoms with E-state index in [1.54, 1.807) is 6.07 Å². The third-order valence-electron chi connectivity index (χ3n) is 2.59. The molecule has 5 nitrogen and oxygen atoms in total. The average Bonchev–Trinajstić information content (AvgIpc) is 2.44. The number of pyridine rings is 1. The fourth-order valence-electron chi connectivity index (χ4n) is 1.66. The van der Waals surface area contributed by atoms with Crippen LogP contribution in [0.3, 0.4) is 0 Å². The van der Waals surface area contributed by atoms with E-state index in [9.17, 15) is 0 Å². The largest absolute Gasteiger partial charge is 0.437 e. The number of aliphatic hydroxyl groups is 1. The van der Waals surface area contributed by atoms with Crippen molar-refractivity contribution in [1.29, 1.82) is 0 Å². The van der Waals surface area contributed by atoms with Gasteiger partial charge in [0.2, 0.25) is 5.88 Å². The minimum absolute atomic E-state index is 0.0256. The fraction of sp³-hybridized carbons (Fsp3) is 0.154. The molecule has 4 N–H and O–H groups in total. The van der Waals surface area contributed by atoms with Gasteiger partial charge in [-0.3, -0.25) is 0 Å². The Morgan fingerprint density at radius 3 is 2.70 bits per heavy atom. The molecule has 0 amide bonds. The highest BCUT2D eigenvalue weighted by molar-refractivity contribution is 6.36. The SMILES string of the molecule is NNc1nc(Oc2ccccc2CCO)c(Cl)cc1Cl. The molecule has 0 saturated carbocycles. The van der Waals surface area contributed by atoms with E-state index in [0.717, 1.165) is 5.56 Å². The number of halogens is 2. The van der Waals surface area contributed by atoms with Crippen molar-refractivity contribution in [1.82, 2.24) is 4.98 Å². The molecule has 106 valence electrons. The van der Waals surface area contributed by atoms with Gasteiger partial charge in [0.1, 0.15) is 10.8 Å². The lowest BCUT2D eigenvalue weighted by Crippen LogP contribution is -2.09. The van der Waals surface area contributed by atoms with Crippen LogP contribution in [0.15, 0.2) is 30.3 Å². The number of nitrogens with one attached hydrogen (secondary N) is 1. The summed E-state index contributed by atoms with van der Waals surface area (Å²) in [4.78, 5) is 4.10. The van der Waals surface area contributed by atoms with E-state index in [2.05, 4.69) is 10.4 Å². The minimum atomic E-state index is 0.0256. The number of rotatable bonds is 5. The number of hydrogen-bond acceptors (Lipinski definition) is 5. The Morgan fingerprint density at radius 2 is 2.00 bits per heavy atom. The van der Waals surface area contributed by atoms with Gasteiger partial charge >= 0.3 is 0 Å². The van der Waals surface area contributed by atoms with Gasteiger partial charge < -0.3 is 15.3 Å². The Labute approximate surface area is 126 Å². The standard InChI is InChI=1S/C13H13Cl2N3O2/c14-9-7-10(15)13(17-12(9)18-16)20-11-4-2-1-3-8(11)5-6-19/h1-4,7,19H,5-6,16H2,(H,17,18). The average molecular weight is 314 g/mol. The molecular formula is C13H13Cl2N3O2. The van der Waals surface area contributed by atoms with Gasteiger partial charge in [-0.2, -0.15) is 4.98 Å². The van der Waals surface area contributed by atoms with Crippen LogP contribution >= 0.6 is 23.2 Å². The first-order chi connectivity index (χ1) is 9.65. The van der Waals surface area contributed by atoms with Gasteiger partial charge in [-0.25, -0.2) is 5.84 Å². The lowest BCUT2D eigenvalue weighted by atomic mass is 10.1. The number of nitrogen functional groups attached to an aromatic ring is 1. The predicted molar refractivity (Wildman–Crippen MR) is 79.4 cm³/mol. The molecule has 0 aliphatic carbocycles. The topological polar surface area (TPSA) is 80.4 Å². The van der Waals surface area contributed by atoms with Gasteiger partial charge in [-0.15, -0.1) is 0 Å². The first kappa shape index (κ1) is 14.9. The summed E-state index contributed by atoms with van der Waals surface area (Å²) in [5.41, 5.74) is 3.22. The van der Waals surface area contributed by atoms with Crippen molar-refractivity contribution in [2.24, 2.45) is 5.84 Å². The van der Waals surface area contributed by atoms with E-state index >= 15 is 0 Å². The molecule has 7 heteroatoms. The molecule has 1 aromatic carbocycles. The molecule has 0 saturated heterocycles. The molecule has 2 rings (SSSR count). The Balaban J connectivity index is 2.35. The summed E-state index contributed by atoms with van der Waals surface area (Å²) in [5.74, 6) is 6.34. The summed E-state index contributed by atoms with van der Waals surface area (Å²) in [6, 6.07) is 8.81. The fourth-order valence-corrected chi connectivity index (χ4v) is 2.11. The van der Waals surface area contributed by atoms with Crippen LogP contribution in [-0.2, 0) is 6.42 Å². The zero-order valence-corrected chi connectivity index (χ0v) is 11.9. The second-order valence-corrected chi connectivity index (χ2v) is 4.75. The van der Waals surface area contributed by atoms with Gasteiger partial charge in [-0.05, 0) is 24.1 Å². The summed E-state index contributed by atoms with van der Waals surface area (Å²) in [7, 11) is 0.